The van der Waals surface area contributed by atoms with E-state index in [9.17, 15) is 0 Å². The maximum atomic E-state index is 5.80. The van der Waals surface area contributed by atoms with Crippen LogP contribution in [0, 0.1) is 5.92 Å². The SMILES string of the molecule is CNC(CC1CCCC1)c1ccc(COC)o1. The van der Waals surface area contributed by atoms with Gasteiger partial charge in [-0.1, -0.05) is 25.7 Å². The fourth-order valence-electron chi connectivity index (χ4n) is 2.76. The fraction of sp³-hybridized carbons (Fsp3) is 0.714. The molecule has 96 valence electrons. The molecule has 3 nitrogen and oxygen atoms in total. The molecule has 0 saturated heterocycles. The van der Waals surface area contributed by atoms with Crippen LogP contribution in [-0.2, 0) is 11.3 Å². The summed E-state index contributed by atoms with van der Waals surface area (Å²) in [6.07, 6.45) is 6.74. The predicted octanol–water partition coefficient (Wildman–Crippen LogP) is 3.27. The van der Waals surface area contributed by atoms with Gasteiger partial charge < -0.3 is 14.5 Å². The molecule has 1 aromatic heterocycles. The molecule has 0 bridgehead atoms. The Labute approximate surface area is 104 Å². The number of rotatable bonds is 6. The average molecular weight is 237 g/mol. The summed E-state index contributed by atoms with van der Waals surface area (Å²) in [6.45, 7) is 0.555. The number of ether oxygens (including phenoxy) is 1. The Balaban J connectivity index is 1.95. The van der Waals surface area contributed by atoms with Crippen LogP contribution in [-0.4, -0.2) is 14.2 Å². The molecule has 17 heavy (non-hydrogen) atoms. The molecule has 1 N–H and O–H groups in total. The predicted molar refractivity (Wildman–Crippen MR) is 67.8 cm³/mol. The van der Waals surface area contributed by atoms with Crippen LogP contribution in [0.3, 0.4) is 0 Å². The van der Waals surface area contributed by atoms with Crippen LogP contribution in [0.4, 0.5) is 0 Å². The third-order valence-corrected chi connectivity index (χ3v) is 3.70. The summed E-state index contributed by atoms with van der Waals surface area (Å²) < 4.78 is 10.9. The first-order chi connectivity index (χ1) is 8.33. The second-order valence-corrected chi connectivity index (χ2v) is 4.96. The second-order valence-electron chi connectivity index (χ2n) is 4.96. The van der Waals surface area contributed by atoms with E-state index in [-0.39, 0.29) is 0 Å². The highest BCUT2D eigenvalue weighted by molar-refractivity contribution is 5.10. The van der Waals surface area contributed by atoms with Gasteiger partial charge in [-0.05, 0) is 31.5 Å². The second kappa shape index (κ2) is 6.22. The van der Waals surface area contributed by atoms with Crippen LogP contribution in [0.1, 0.15) is 49.7 Å². The topological polar surface area (TPSA) is 34.4 Å². The minimum atomic E-state index is 0.351. The zero-order valence-electron chi connectivity index (χ0n) is 10.9. The normalized spacial score (nSPS) is 18.7. The molecule has 1 heterocycles. The maximum Gasteiger partial charge on any atom is 0.129 e. The summed E-state index contributed by atoms with van der Waals surface area (Å²) in [4.78, 5) is 0. The number of hydrogen-bond donors (Lipinski definition) is 1. The van der Waals surface area contributed by atoms with E-state index in [2.05, 4.69) is 11.4 Å². The van der Waals surface area contributed by atoms with E-state index in [1.807, 2.05) is 13.1 Å². The Morgan fingerprint density at radius 3 is 2.82 bits per heavy atom. The van der Waals surface area contributed by atoms with Crippen molar-refractivity contribution in [2.75, 3.05) is 14.2 Å². The van der Waals surface area contributed by atoms with E-state index >= 15 is 0 Å². The maximum absolute atomic E-state index is 5.80. The standard InChI is InChI=1S/C14H23NO2/c1-15-13(9-11-5-3-4-6-11)14-8-7-12(17-14)10-16-2/h7-8,11,13,15H,3-6,9-10H2,1-2H3. The smallest absolute Gasteiger partial charge is 0.129 e. The molecule has 1 atom stereocenters. The first kappa shape index (κ1) is 12.7. The summed E-state index contributed by atoms with van der Waals surface area (Å²) in [5.74, 6) is 2.82. The lowest BCUT2D eigenvalue weighted by atomic mass is 9.97. The Kier molecular flexibility index (Phi) is 4.63. The van der Waals surface area contributed by atoms with Crippen molar-refractivity contribution in [3.8, 4) is 0 Å². The van der Waals surface area contributed by atoms with Gasteiger partial charge in [0.05, 0.1) is 6.04 Å². The Bertz CT molecular complexity index is 329. The van der Waals surface area contributed by atoms with Crippen molar-refractivity contribution in [3.63, 3.8) is 0 Å². The molecule has 1 aromatic rings. The third-order valence-electron chi connectivity index (χ3n) is 3.70. The molecule has 1 fully saturated rings. The molecular formula is C14H23NO2. The first-order valence-electron chi connectivity index (χ1n) is 6.58. The van der Waals surface area contributed by atoms with Gasteiger partial charge in [0.15, 0.2) is 0 Å². The highest BCUT2D eigenvalue weighted by atomic mass is 16.5. The molecule has 1 unspecified atom stereocenters. The quantitative estimate of drug-likeness (QED) is 0.824. The molecule has 1 aliphatic rings. The molecular weight excluding hydrogens is 214 g/mol. The van der Waals surface area contributed by atoms with Crippen molar-refractivity contribution in [2.45, 2.75) is 44.8 Å². The summed E-state index contributed by atoms with van der Waals surface area (Å²) >= 11 is 0. The van der Waals surface area contributed by atoms with Gasteiger partial charge in [-0.2, -0.15) is 0 Å². The number of nitrogens with one attached hydrogen (secondary N) is 1. The van der Waals surface area contributed by atoms with Gasteiger partial charge >= 0.3 is 0 Å². The van der Waals surface area contributed by atoms with Crippen molar-refractivity contribution in [1.29, 1.82) is 0 Å². The van der Waals surface area contributed by atoms with Gasteiger partial charge in [0.25, 0.3) is 0 Å². The van der Waals surface area contributed by atoms with E-state index in [4.69, 9.17) is 9.15 Å². The Hall–Kier alpha value is -0.800. The lowest BCUT2D eigenvalue weighted by Gasteiger charge is -2.17. The van der Waals surface area contributed by atoms with Gasteiger partial charge in [-0.15, -0.1) is 0 Å². The zero-order valence-corrected chi connectivity index (χ0v) is 10.9. The summed E-state index contributed by atoms with van der Waals surface area (Å²) in [7, 11) is 3.70. The molecule has 0 aromatic carbocycles. The lowest BCUT2D eigenvalue weighted by Crippen LogP contribution is -2.18. The van der Waals surface area contributed by atoms with E-state index < -0.39 is 0 Å². The van der Waals surface area contributed by atoms with Crippen molar-refractivity contribution < 1.29 is 9.15 Å². The molecule has 3 heteroatoms. The van der Waals surface area contributed by atoms with Crippen LogP contribution in [0.25, 0.3) is 0 Å². The third kappa shape index (κ3) is 3.33. The molecule has 1 aliphatic carbocycles. The molecule has 0 spiro atoms. The van der Waals surface area contributed by atoms with Crippen molar-refractivity contribution >= 4 is 0 Å². The molecule has 1 saturated carbocycles. The van der Waals surface area contributed by atoms with E-state index in [0.29, 0.717) is 12.6 Å². The number of methoxy groups -OCH3 is 1. The lowest BCUT2D eigenvalue weighted by molar-refractivity contribution is 0.161. The molecule has 0 radical (unpaired) electrons. The van der Waals surface area contributed by atoms with Crippen molar-refractivity contribution in [2.24, 2.45) is 5.92 Å². The van der Waals surface area contributed by atoms with Crippen LogP contribution in [0.2, 0.25) is 0 Å². The van der Waals surface area contributed by atoms with Crippen molar-refractivity contribution in [1.82, 2.24) is 5.32 Å². The highest BCUT2D eigenvalue weighted by Gasteiger charge is 2.22. The van der Waals surface area contributed by atoms with E-state index in [1.165, 1.54) is 32.1 Å². The van der Waals surface area contributed by atoms with Crippen LogP contribution in [0.5, 0.6) is 0 Å². The van der Waals surface area contributed by atoms with Gasteiger partial charge in [0, 0.05) is 7.11 Å². The fourth-order valence-corrected chi connectivity index (χ4v) is 2.76. The molecule has 0 amide bonds. The van der Waals surface area contributed by atoms with Crippen LogP contribution < -0.4 is 5.32 Å². The highest BCUT2D eigenvalue weighted by Crippen LogP contribution is 2.33. The molecule has 2 rings (SSSR count). The minimum absolute atomic E-state index is 0.351. The van der Waals surface area contributed by atoms with Crippen LogP contribution >= 0.6 is 0 Å². The van der Waals surface area contributed by atoms with Crippen molar-refractivity contribution in [3.05, 3.63) is 23.7 Å². The monoisotopic (exact) mass is 237 g/mol. The zero-order chi connectivity index (χ0) is 12.1. The van der Waals surface area contributed by atoms with Gasteiger partial charge in [-0.25, -0.2) is 0 Å². The van der Waals surface area contributed by atoms with Crippen LogP contribution in [0.15, 0.2) is 16.5 Å². The summed E-state index contributed by atoms with van der Waals surface area (Å²) in [6, 6.07) is 4.44. The van der Waals surface area contributed by atoms with E-state index in [1.54, 1.807) is 7.11 Å². The minimum Gasteiger partial charge on any atom is -0.462 e. The first-order valence-corrected chi connectivity index (χ1v) is 6.58. The Morgan fingerprint density at radius 2 is 2.18 bits per heavy atom. The summed E-state index contributed by atoms with van der Waals surface area (Å²) in [5, 5.41) is 3.37. The van der Waals surface area contributed by atoms with E-state index in [0.717, 1.165) is 17.4 Å². The summed E-state index contributed by atoms with van der Waals surface area (Å²) in [5.41, 5.74) is 0. The Morgan fingerprint density at radius 1 is 1.41 bits per heavy atom. The number of hydrogen-bond acceptors (Lipinski definition) is 3. The van der Waals surface area contributed by atoms with Gasteiger partial charge in [-0.3, -0.25) is 0 Å². The van der Waals surface area contributed by atoms with Gasteiger partial charge in [0.1, 0.15) is 18.1 Å². The average Bonchev–Trinajstić information content (AvgIpc) is 2.97. The molecule has 0 aliphatic heterocycles. The largest absolute Gasteiger partial charge is 0.462 e. The van der Waals surface area contributed by atoms with Gasteiger partial charge in [0.2, 0.25) is 0 Å². The number of furan rings is 1.